The third-order valence-electron chi connectivity index (χ3n) is 3.84. The lowest BCUT2D eigenvalue weighted by atomic mass is 10.1. The smallest absolute Gasteiger partial charge is 0.269 e. The van der Waals surface area contributed by atoms with Gasteiger partial charge in [-0.05, 0) is 30.2 Å². The van der Waals surface area contributed by atoms with Crippen molar-refractivity contribution in [2.45, 2.75) is 13.3 Å². The highest BCUT2D eigenvalue weighted by molar-refractivity contribution is 7.14. The summed E-state index contributed by atoms with van der Waals surface area (Å²) in [6.07, 6.45) is 0.822. The van der Waals surface area contributed by atoms with Gasteiger partial charge in [-0.3, -0.25) is 20.2 Å². The summed E-state index contributed by atoms with van der Waals surface area (Å²) >= 11 is 1.28. The normalized spacial score (nSPS) is 10.4. The van der Waals surface area contributed by atoms with Gasteiger partial charge in [0.25, 0.3) is 11.6 Å². The van der Waals surface area contributed by atoms with E-state index < -0.39 is 4.92 Å². The number of para-hydroxylation sites is 1. The Bertz CT molecular complexity index is 954. The maximum Gasteiger partial charge on any atom is 0.269 e. The molecule has 0 saturated carbocycles. The number of nitro groups is 1. The van der Waals surface area contributed by atoms with Crippen LogP contribution < -0.4 is 10.1 Å². The summed E-state index contributed by atoms with van der Waals surface area (Å²) in [5.74, 6) is 0.395. The molecule has 3 rings (SSSR count). The number of hydrogen-bond acceptors (Lipinski definition) is 6. The van der Waals surface area contributed by atoms with Crippen molar-refractivity contribution < 1.29 is 14.5 Å². The van der Waals surface area contributed by atoms with Crippen LogP contribution in [-0.4, -0.2) is 22.4 Å². The zero-order chi connectivity index (χ0) is 19.2. The number of thiazole rings is 1. The molecule has 0 saturated heterocycles. The van der Waals surface area contributed by atoms with Crippen LogP contribution in [0, 0.1) is 10.1 Å². The zero-order valence-corrected chi connectivity index (χ0v) is 15.4. The van der Waals surface area contributed by atoms with Crippen molar-refractivity contribution in [3.63, 3.8) is 0 Å². The number of rotatable bonds is 7. The van der Waals surface area contributed by atoms with Crippen LogP contribution in [0.2, 0.25) is 0 Å². The molecule has 3 aromatic rings. The summed E-state index contributed by atoms with van der Waals surface area (Å²) < 4.78 is 5.59. The van der Waals surface area contributed by atoms with Gasteiger partial charge >= 0.3 is 0 Å². The summed E-state index contributed by atoms with van der Waals surface area (Å²) in [6, 6.07) is 13.7. The number of amides is 1. The minimum absolute atomic E-state index is 0.0204. The standard InChI is InChI=1S/C19H17N3O4S/c1-2-13-5-3-4-6-17(13)26-11-18(23)21-19-20-16(12-27-19)14-7-9-15(10-8-14)22(24)25/h3-10,12H,2,11H2,1H3,(H,20,21,23). The summed E-state index contributed by atoms with van der Waals surface area (Å²) in [5.41, 5.74) is 2.44. The second-order valence-corrected chi connectivity index (χ2v) is 6.50. The van der Waals surface area contributed by atoms with E-state index in [9.17, 15) is 14.9 Å². The first-order chi connectivity index (χ1) is 13.1. The van der Waals surface area contributed by atoms with Crippen molar-refractivity contribution in [1.29, 1.82) is 0 Å². The molecule has 0 aliphatic heterocycles. The van der Waals surface area contributed by atoms with E-state index in [1.54, 1.807) is 17.5 Å². The van der Waals surface area contributed by atoms with Crippen molar-refractivity contribution in [3.05, 3.63) is 69.6 Å². The molecule has 27 heavy (non-hydrogen) atoms. The molecule has 0 unspecified atom stereocenters. The van der Waals surface area contributed by atoms with Crippen molar-refractivity contribution in [2.75, 3.05) is 11.9 Å². The fraction of sp³-hybridized carbons (Fsp3) is 0.158. The Morgan fingerprint density at radius 3 is 2.67 bits per heavy atom. The van der Waals surface area contributed by atoms with Crippen LogP contribution in [0.1, 0.15) is 12.5 Å². The van der Waals surface area contributed by atoms with E-state index in [1.165, 1.54) is 23.5 Å². The van der Waals surface area contributed by atoms with Crippen molar-refractivity contribution in [2.24, 2.45) is 0 Å². The summed E-state index contributed by atoms with van der Waals surface area (Å²) in [4.78, 5) is 26.7. The lowest BCUT2D eigenvalue weighted by Gasteiger charge is -2.09. The summed E-state index contributed by atoms with van der Waals surface area (Å²) in [6.45, 7) is 1.92. The number of nitro benzene ring substituents is 1. The second kappa shape index (κ2) is 8.41. The average molecular weight is 383 g/mol. The highest BCUT2D eigenvalue weighted by Gasteiger charge is 2.11. The maximum absolute atomic E-state index is 12.1. The minimum atomic E-state index is -0.451. The molecule has 0 fully saturated rings. The van der Waals surface area contributed by atoms with E-state index in [1.807, 2.05) is 31.2 Å². The lowest BCUT2D eigenvalue weighted by Crippen LogP contribution is -2.20. The molecule has 2 aromatic carbocycles. The van der Waals surface area contributed by atoms with Gasteiger partial charge in [-0.25, -0.2) is 4.98 Å². The van der Waals surface area contributed by atoms with Crippen LogP contribution in [0.3, 0.4) is 0 Å². The molecule has 0 aliphatic carbocycles. The molecule has 0 radical (unpaired) electrons. The van der Waals surface area contributed by atoms with E-state index in [0.29, 0.717) is 16.6 Å². The van der Waals surface area contributed by atoms with E-state index >= 15 is 0 Å². The van der Waals surface area contributed by atoms with Gasteiger partial charge in [0.15, 0.2) is 11.7 Å². The van der Waals surface area contributed by atoms with Gasteiger partial charge in [0.1, 0.15) is 5.75 Å². The van der Waals surface area contributed by atoms with Crippen molar-refractivity contribution >= 4 is 28.1 Å². The number of nitrogens with one attached hydrogen (secondary N) is 1. The molecule has 0 aliphatic rings. The Morgan fingerprint density at radius 1 is 1.22 bits per heavy atom. The number of non-ortho nitro benzene ring substituents is 1. The molecule has 0 atom stereocenters. The Kier molecular flexibility index (Phi) is 5.77. The first kappa shape index (κ1) is 18.5. The minimum Gasteiger partial charge on any atom is -0.483 e. The first-order valence-electron chi connectivity index (χ1n) is 8.27. The molecule has 0 spiro atoms. The van der Waals surface area contributed by atoms with Gasteiger partial charge in [0.2, 0.25) is 0 Å². The van der Waals surface area contributed by atoms with Crippen molar-refractivity contribution in [1.82, 2.24) is 4.98 Å². The van der Waals surface area contributed by atoms with Crippen LogP contribution in [0.15, 0.2) is 53.9 Å². The molecular formula is C19H17N3O4S. The quantitative estimate of drug-likeness (QED) is 0.485. The number of aryl methyl sites for hydroxylation is 1. The maximum atomic E-state index is 12.1. The summed E-state index contributed by atoms with van der Waals surface area (Å²) in [7, 11) is 0. The molecule has 7 nitrogen and oxygen atoms in total. The zero-order valence-electron chi connectivity index (χ0n) is 14.5. The van der Waals surface area contributed by atoms with Gasteiger partial charge in [-0.15, -0.1) is 11.3 Å². The number of anilines is 1. The Morgan fingerprint density at radius 2 is 1.96 bits per heavy atom. The fourth-order valence-electron chi connectivity index (χ4n) is 2.45. The third kappa shape index (κ3) is 4.68. The van der Waals surface area contributed by atoms with Gasteiger partial charge in [-0.1, -0.05) is 25.1 Å². The van der Waals surface area contributed by atoms with Gasteiger partial charge in [0.05, 0.1) is 10.6 Å². The number of carbonyl (C=O) groups is 1. The molecule has 1 N–H and O–H groups in total. The van der Waals surface area contributed by atoms with Gasteiger partial charge in [-0.2, -0.15) is 0 Å². The molecule has 138 valence electrons. The van der Waals surface area contributed by atoms with E-state index in [0.717, 1.165) is 17.5 Å². The Hall–Kier alpha value is -3.26. The van der Waals surface area contributed by atoms with E-state index in [4.69, 9.17) is 4.74 Å². The van der Waals surface area contributed by atoms with E-state index in [-0.39, 0.29) is 18.2 Å². The Balaban J connectivity index is 1.60. The molecule has 1 aromatic heterocycles. The van der Waals surface area contributed by atoms with Crippen molar-refractivity contribution in [3.8, 4) is 17.0 Å². The van der Waals surface area contributed by atoms with Crippen LogP contribution in [0.5, 0.6) is 5.75 Å². The predicted octanol–water partition coefficient (Wildman–Crippen LogP) is 4.30. The SMILES string of the molecule is CCc1ccccc1OCC(=O)Nc1nc(-c2ccc([N+](=O)[O-])cc2)cs1. The number of nitrogens with zero attached hydrogens (tertiary/aromatic N) is 2. The highest BCUT2D eigenvalue weighted by Crippen LogP contribution is 2.26. The van der Waals surface area contributed by atoms with Crippen LogP contribution >= 0.6 is 11.3 Å². The number of hydrogen-bond donors (Lipinski definition) is 1. The van der Waals surface area contributed by atoms with Gasteiger partial charge in [0, 0.05) is 23.1 Å². The van der Waals surface area contributed by atoms with Crippen LogP contribution in [0.25, 0.3) is 11.3 Å². The number of ether oxygens (including phenoxy) is 1. The third-order valence-corrected chi connectivity index (χ3v) is 4.59. The summed E-state index contributed by atoms with van der Waals surface area (Å²) in [5, 5.41) is 15.6. The number of carbonyl (C=O) groups excluding carboxylic acids is 1. The molecule has 0 bridgehead atoms. The predicted molar refractivity (Wildman–Crippen MR) is 104 cm³/mol. The molecule has 1 heterocycles. The fourth-order valence-corrected chi connectivity index (χ4v) is 3.19. The number of benzene rings is 2. The molecule has 1 amide bonds. The average Bonchev–Trinajstić information content (AvgIpc) is 3.15. The topological polar surface area (TPSA) is 94.4 Å². The van der Waals surface area contributed by atoms with Crippen LogP contribution in [0.4, 0.5) is 10.8 Å². The second-order valence-electron chi connectivity index (χ2n) is 5.64. The van der Waals surface area contributed by atoms with Crippen LogP contribution in [-0.2, 0) is 11.2 Å². The van der Waals surface area contributed by atoms with E-state index in [2.05, 4.69) is 10.3 Å². The Labute approximate surface area is 159 Å². The molecule has 8 heteroatoms. The lowest BCUT2D eigenvalue weighted by molar-refractivity contribution is -0.384. The number of aromatic nitrogens is 1. The van der Waals surface area contributed by atoms with Gasteiger partial charge < -0.3 is 4.74 Å². The monoisotopic (exact) mass is 383 g/mol. The molecular weight excluding hydrogens is 366 g/mol. The largest absolute Gasteiger partial charge is 0.483 e. The first-order valence-corrected chi connectivity index (χ1v) is 9.15. The highest BCUT2D eigenvalue weighted by atomic mass is 32.1.